The average molecular weight is 345 g/mol. The Morgan fingerprint density at radius 2 is 2.12 bits per heavy atom. The van der Waals surface area contributed by atoms with Crippen LogP contribution in [0.15, 0.2) is 47.2 Å². The Kier molecular flexibility index (Phi) is 4.66. The van der Waals surface area contributed by atoms with Crippen molar-refractivity contribution in [3.8, 4) is 0 Å². The van der Waals surface area contributed by atoms with Crippen LogP contribution in [0.5, 0.6) is 0 Å². The van der Waals surface area contributed by atoms with Gasteiger partial charge in [-0.1, -0.05) is 47.1 Å². The number of nitrogens with zero attached hydrogens (tertiary/aromatic N) is 3. The van der Waals surface area contributed by atoms with Crippen LogP contribution in [0.2, 0.25) is 5.02 Å². The van der Waals surface area contributed by atoms with E-state index in [-0.39, 0.29) is 17.6 Å². The molecule has 0 aliphatic carbocycles. The maximum Gasteiger partial charge on any atom is 0.274 e. The highest BCUT2D eigenvalue weighted by Gasteiger charge is 2.22. The molecule has 0 bridgehead atoms. The third-order valence-corrected chi connectivity index (χ3v) is 3.96. The number of rotatable bonds is 5. The summed E-state index contributed by atoms with van der Waals surface area (Å²) in [4.78, 5) is 12.6. The van der Waals surface area contributed by atoms with E-state index in [0.29, 0.717) is 22.9 Å². The number of benzene rings is 1. The second kappa shape index (κ2) is 6.88. The fourth-order valence-corrected chi connectivity index (χ4v) is 2.59. The van der Waals surface area contributed by atoms with Gasteiger partial charge in [-0.2, -0.15) is 5.10 Å². The fraction of sp³-hybridized carbons (Fsp3) is 0.235. The van der Waals surface area contributed by atoms with E-state index in [9.17, 15) is 4.79 Å². The van der Waals surface area contributed by atoms with Crippen LogP contribution in [0.4, 0.5) is 0 Å². The number of nitrogens with one attached hydrogen (secondary N) is 1. The summed E-state index contributed by atoms with van der Waals surface area (Å²) in [6, 6.07) is 9.60. The van der Waals surface area contributed by atoms with Crippen LogP contribution in [0, 0.1) is 6.92 Å². The lowest BCUT2D eigenvalue weighted by molar-refractivity contribution is 0.0929. The number of aryl methyl sites for hydroxylation is 1. The highest BCUT2D eigenvalue weighted by Crippen LogP contribution is 2.18. The monoisotopic (exact) mass is 344 g/mol. The highest BCUT2D eigenvalue weighted by molar-refractivity contribution is 6.30. The van der Waals surface area contributed by atoms with Gasteiger partial charge in [0, 0.05) is 11.8 Å². The van der Waals surface area contributed by atoms with Crippen LogP contribution in [-0.4, -0.2) is 20.8 Å². The van der Waals surface area contributed by atoms with Crippen LogP contribution in [-0.2, 0) is 6.54 Å². The van der Waals surface area contributed by atoms with Crippen molar-refractivity contribution in [2.24, 2.45) is 0 Å². The first-order valence-corrected chi connectivity index (χ1v) is 7.91. The van der Waals surface area contributed by atoms with Crippen molar-refractivity contribution in [2.75, 3.05) is 0 Å². The molecule has 1 amide bonds. The Morgan fingerprint density at radius 3 is 2.79 bits per heavy atom. The van der Waals surface area contributed by atoms with Crippen molar-refractivity contribution in [1.82, 2.24) is 20.3 Å². The van der Waals surface area contributed by atoms with Crippen LogP contribution < -0.4 is 5.32 Å². The van der Waals surface area contributed by atoms with E-state index in [4.69, 9.17) is 16.1 Å². The van der Waals surface area contributed by atoms with Crippen LogP contribution >= 0.6 is 11.6 Å². The first kappa shape index (κ1) is 16.3. The summed E-state index contributed by atoms with van der Waals surface area (Å²) in [5.41, 5.74) is 1.97. The molecule has 2 aromatic heterocycles. The van der Waals surface area contributed by atoms with E-state index >= 15 is 0 Å². The van der Waals surface area contributed by atoms with Gasteiger partial charge in [-0.3, -0.25) is 9.48 Å². The molecule has 6 nitrogen and oxygen atoms in total. The highest BCUT2D eigenvalue weighted by atomic mass is 35.5. The van der Waals surface area contributed by atoms with Gasteiger partial charge in [-0.25, -0.2) is 0 Å². The van der Waals surface area contributed by atoms with Crippen molar-refractivity contribution < 1.29 is 9.32 Å². The number of carbonyl (C=O) groups is 1. The van der Waals surface area contributed by atoms with Gasteiger partial charge in [-0.05, 0) is 19.4 Å². The number of halogens is 1. The topological polar surface area (TPSA) is 73.0 Å². The molecule has 3 aromatic rings. The summed E-state index contributed by atoms with van der Waals surface area (Å²) >= 11 is 5.88. The molecule has 0 spiro atoms. The van der Waals surface area contributed by atoms with E-state index in [1.165, 1.54) is 0 Å². The zero-order chi connectivity index (χ0) is 17.1. The van der Waals surface area contributed by atoms with Gasteiger partial charge in [0.1, 0.15) is 5.76 Å². The molecule has 0 aliphatic heterocycles. The summed E-state index contributed by atoms with van der Waals surface area (Å²) in [5.74, 6) is 0.301. The smallest absolute Gasteiger partial charge is 0.274 e. The first-order chi connectivity index (χ1) is 11.5. The molecule has 124 valence electrons. The Balaban J connectivity index is 1.78. The first-order valence-electron chi connectivity index (χ1n) is 7.53. The average Bonchev–Trinajstić information content (AvgIpc) is 3.15. The Bertz CT molecular complexity index is 841. The molecular weight excluding hydrogens is 328 g/mol. The molecule has 2 heterocycles. The summed E-state index contributed by atoms with van der Waals surface area (Å²) in [7, 11) is 0. The molecule has 0 radical (unpaired) electrons. The molecule has 0 aliphatic rings. The van der Waals surface area contributed by atoms with Gasteiger partial charge >= 0.3 is 0 Å². The van der Waals surface area contributed by atoms with Crippen LogP contribution in [0.1, 0.15) is 40.3 Å². The second-order valence-corrected chi connectivity index (χ2v) is 5.96. The second-order valence-electron chi connectivity index (χ2n) is 5.53. The number of aromatic nitrogens is 3. The molecule has 0 saturated heterocycles. The minimum absolute atomic E-state index is 0.136. The lowest BCUT2D eigenvalue weighted by Gasteiger charge is -2.13. The largest absolute Gasteiger partial charge is 0.361 e. The summed E-state index contributed by atoms with van der Waals surface area (Å²) in [6.45, 7) is 4.06. The van der Waals surface area contributed by atoms with Gasteiger partial charge in [0.15, 0.2) is 5.69 Å². The number of hydrogen-bond donors (Lipinski definition) is 1. The van der Waals surface area contributed by atoms with Crippen LogP contribution in [0.25, 0.3) is 0 Å². The third kappa shape index (κ3) is 3.49. The lowest BCUT2D eigenvalue weighted by Crippen LogP contribution is -2.28. The van der Waals surface area contributed by atoms with Gasteiger partial charge in [0.2, 0.25) is 0 Å². The van der Waals surface area contributed by atoms with E-state index < -0.39 is 0 Å². The molecule has 24 heavy (non-hydrogen) atoms. The zero-order valence-corrected chi connectivity index (χ0v) is 14.1. The third-order valence-electron chi connectivity index (χ3n) is 3.77. The van der Waals surface area contributed by atoms with E-state index in [1.807, 2.05) is 37.3 Å². The summed E-state index contributed by atoms with van der Waals surface area (Å²) in [6.07, 6.45) is 3.23. The van der Waals surface area contributed by atoms with Crippen molar-refractivity contribution >= 4 is 17.5 Å². The molecule has 0 fully saturated rings. The Labute approximate surface area is 144 Å². The molecule has 7 heteroatoms. The minimum atomic E-state index is -0.281. The zero-order valence-electron chi connectivity index (χ0n) is 13.4. The van der Waals surface area contributed by atoms with Gasteiger partial charge < -0.3 is 9.84 Å². The molecule has 1 aromatic carbocycles. The maximum atomic E-state index is 12.6. The molecule has 0 saturated carbocycles. The molecular formula is C17H17ClN4O2. The lowest BCUT2D eigenvalue weighted by atomic mass is 10.1. The summed E-state index contributed by atoms with van der Waals surface area (Å²) in [5, 5.41) is 11.5. The van der Waals surface area contributed by atoms with Crippen molar-refractivity contribution in [2.45, 2.75) is 26.4 Å². The molecule has 3 rings (SSSR count). The fourth-order valence-electron chi connectivity index (χ4n) is 2.43. The quantitative estimate of drug-likeness (QED) is 0.770. The van der Waals surface area contributed by atoms with E-state index in [0.717, 1.165) is 5.56 Å². The normalized spacial score (nSPS) is 12.1. The predicted octanol–water partition coefficient (Wildman–Crippen LogP) is 3.37. The van der Waals surface area contributed by atoms with E-state index in [1.54, 1.807) is 24.0 Å². The molecule has 1 N–H and O–H groups in total. The van der Waals surface area contributed by atoms with Crippen LogP contribution in [0.3, 0.4) is 0 Å². The SMILES string of the molecule is Cc1onc(C(=O)NC(C)c2ccccc2)c1Cn1cc(Cl)cn1. The standard InChI is InChI=1S/C17H17ClN4O2/c1-11(13-6-4-3-5-7-13)20-17(23)16-15(12(2)24-21-16)10-22-9-14(18)8-19-22/h3-9,11H,10H2,1-2H3,(H,20,23). The number of hydrogen-bond acceptors (Lipinski definition) is 4. The van der Waals surface area contributed by atoms with Crippen molar-refractivity contribution in [3.63, 3.8) is 0 Å². The van der Waals surface area contributed by atoms with E-state index in [2.05, 4.69) is 15.6 Å². The maximum absolute atomic E-state index is 12.6. The molecule has 1 atom stereocenters. The van der Waals surface area contributed by atoms with Crippen molar-refractivity contribution in [1.29, 1.82) is 0 Å². The van der Waals surface area contributed by atoms with Gasteiger partial charge in [0.05, 0.1) is 23.8 Å². The number of amides is 1. The Hall–Kier alpha value is -2.60. The summed E-state index contributed by atoms with van der Waals surface area (Å²) < 4.78 is 6.84. The van der Waals surface area contributed by atoms with Crippen molar-refractivity contribution in [3.05, 3.63) is 70.3 Å². The van der Waals surface area contributed by atoms with Gasteiger partial charge in [0.25, 0.3) is 5.91 Å². The Morgan fingerprint density at radius 1 is 1.38 bits per heavy atom. The predicted molar refractivity (Wildman–Crippen MR) is 89.9 cm³/mol. The molecule has 1 unspecified atom stereocenters. The van der Waals surface area contributed by atoms with Gasteiger partial charge in [-0.15, -0.1) is 0 Å². The number of carbonyl (C=O) groups excluding carboxylic acids is 1. The minimum Gasteiger partial charge on any atom is -0.361 e.